The first-order valence-corrected chi connectivity index (χ1v) is 5.13. The largest absolute Gasteiger partial charge is 0.478 e. The molecule has 1 heterocycles. The molecule has 0 aliphatic heterocycles. The zero-order valence-corrected chi connectivity index (χ0v) is 8.42. The van der Waals surface area contributed by atoms with Gasteiger partial charge in [-0.3, -0.25) is 0 Å². The lowest BCUT2D eigenvalue weighted by Crippen LogP contribution is -2.00. The normalized spacial score (nSPS) is 10.2. The molecule has 0 aliphatic carbocycles. The Bertz CT molecular complexity index is 491. The molecule has 0 fully saturated rings. The van der Waals surface area contributed by atoms with E-state index in [2.05, 4.69) is 0 Å². The van der Waals surface area contributed by atoms with Crippen molar-refractivity contribution in [1.29, 1.82) is 0 Å². The van der Waals surface area contributed by atoms with E-state index < -0.39 is 11.8 Å². The summed E-state index contributed by atoms with van der Waals surface area (Å²) in [7, 11) is 0. The number of hydrogen-bond donors (Lipinski definition) is 1. The Kier molecular flexibility index (Phi) is 2.51. The van der Waals surface area contributed by atoms with Crippen LogP contribution in [0.1, 0.15) is 10.4 Å². The Morgan fingerprint density at radius 2 is 2.13 bits per heavy atom. The van der Waals surface area contributed by atoms with Crippen LogP contribution in [0, 0.1) is 5.82 Å². The number of benzene rings is 1. The standard InChI is InChI=1S/C11H7FO2S/c12-9-4-3-7(6-8(9)11(13)14)10-2-1-5-15-10/h1-6H,(H,13,14). The van der Waals surface area contributed by atoms with E-state index in [4.69, 9.17) is 5.11 Å². The predicted molar refractivity (Wildman–Crippen MR) is 56.7 cm³/mol. The molecule has 1 aromatic heterocycles. The number of thiophene rings is 1. The lowest BCUT2D eigenvalue weighted by atomic mass is 10.1. The topological polar surface area (TPSA) is 37.3 Å². The summed E-state index contributed by atoms with van der Waals surface area (Å²) in [5, 5.41) is 10.6. The molecule has 0 amide bonds. The van der Waals surface area contributed by atoms with Crippen molar-refractivity contribution in [2.45, 2.75) is 0 Å². The molecular formula is C11H7FO2S. The minimum atomic E-state index is -1.24. The Hall–Kier alpha value is -1.68. The van der Waals surface area contributed by atoms with Gasteiger partial charge in [-0.1, -0.05) is 12.1 Å². The van der Waals surface area contributed by atoms with Crippen molar-refractivity contribution in [1.82, 2.24) is 0 Å². The van der Waals surface area contributed by atoms with Gasteiger partial charge in [0.1, 0.15) is 5.82 Å². The van der Waals surface area contributed by atoms with E-state index in [-0.39, 0.29) is 5.56 Å². The lowest BCUT2D eigenvalue weighted by molar-refractivity contribution is 0.0692. The first-order chi connectivity index (χ1) is 7.18. The number of halogens is 1. The number of carboxylic acids is 1. The Morgan fingerprint density at radius 1 is 1.33 bits per heavy atom. The van der Waals surface area contributed by atoms with E-state index in [0.29, 0.717) is 0 Å². The summed E-state index contributed by atoms with van der Waals surface area (Å²) in [6, 6.07) is 7.84. The van der Waals surface area contributed by atoms with Gasteiger partial charge in [-0.2, -0.15) is 0 Å². The van der Waals surface area contributed by atoms with Crippen molar-refractivity contribution in [2.75, 3.05) is 0 Å². The highest BCUT2D eigenvalue weighted by atomic mass is 32.1. The molecular weight excluding hydrogens is 215 g/mol. The zero-order chi connectivity index (χ0) is 10.8. The Labute approximate surface area is 89.6 Å². The maximum absolute atomic E-state index is 13.1. The van der Waals surface area contributed by atoms with Gasteiger partial charge in [0.15, 0.2) is 0 Å². The van der Waals surface area contributed by atoms with Gasteiger partial charge < -0.3 is 5.11 Å². The van der Waals surface area contributed by atoms with E-state index in [1.807, 2.05) is 17.5 Å². The first-order valence-electron chi connectivity index (χ1n) is 4.25. The average molecular weight is 222 g/mol. The number of hydrogen-bond acceptors (Lipinski definition) is 2. The maximum Gasteiger partial charge on any atom is 0.338 e. The lowest BCUT2D eigenvalue weighted by Gasteiger charge is -2.01. The molecule has 2 nitrogen and oxygen atoms in total. The molecule has 15 heavy (non-hydrogen) atoms. The fourth-order valence-electron chi connectivity index (χ4n) is 1.29. The summed E-state index contributed by atoms with van der Waals surface area (Å²) >= 11 is 1.49. The summed E-state index contributed by atoms with van der Waals surface area (Å²) in [6.45, 7) is 0. The highest BCUT2D eigenvalue weighted by molar-refractivity contribution is 7.13. The van der Waals surface area contributed by atoms with Gasteiger partial charge in [0.05, 0.1) is 5.56 Å². The van der Waals surface area contributed by atoms with Crippen LogP contribution < -0.4 is 0 Å². The molecule has 0 saturated carbocycles. The minimum absolute atomic E-state index is 0.291. The molecule has 0 radical (unpaired) electrons. The van der Waals surface area contributed by atoms with Gasteiger partial charge in [-0.05, 0) is 29.1 Å². The highest BCUT2D eigenvalue weighted by Gasteiger charge is 2.11. The third-order valence-electron chi connectivity index (χ3n) is 2.00. The highest BCUT2D eigenvalue weighted by Crippen LogP contribution is 2.26. The van der Waals surface area contributed by atoms with Crippen LogP contribution in [0.5, 0.6) is 0 Å². The molecule has 0 spiro atoms. The smallest absolute Gasteiger partial charge is 0.338 e. The first kappa shape index (κ1) is 9.86. The van der Waals surface area contributed by atoms with Crippen molar-refractivity contribution in [3.63, 3.8) is 0 Å². The summed E-state index contributed by atoms with van der Waals surface area (Å²) in [5.74, 6) is -1.95. The van der Waals surface area contributed by atoms with Gasteiger partial charge in [0, 0.05) is 4.88 Å². The minimum Gasteiger partial charge on any atom is -0.478 e. The summed E-state index contributed by atoms with van der Waals surface area (Å²) in [6.07, 6.45) is 0. The van der Waals surface area contributed by atoms with Crippen molar-refractivity contribution < 1.29 is 14.3 Å². The molecule has 0 aliphatic rings. The molecule has 2 aromatic rings. The summed E-state index contributed by atoms with van der Waals surface area (Å²) in [5.41, 5.74) is 0.435. The molecule has 2 rings (SSSR count). The SMILES string of the molecule is O=C(O)c1cc(-c2cccs2)ccc1F. The number of rotatable bonds is 2. The Balaban J connectivity index is 2.52. The molecule has 76 valence electrons. The fourth-order valence-corrected chi connectivity index (χ4v) is 2.01. The molecule has 0 saturated heterocycles. The van der Waals surface area contributed by atoms with Crippen LogP contribution in [-0.4, -0.2) is 11.1 Å². The molecule has 1 N–H and O–H groups in total. The van der Waals surface area contributed by atoms with E-state index in [1.54, 1.807) is 6.07 Å². The predicted octanol–water partition coefficient (Wildman–Crippen LogP) is 3.25. The molecule has 4 heteroatoms. The van der Waals surface area contributed by atoms with Crippen molar-refractivity contribution in [3.05, 3.63) is 47.1 Å². The number of carboxylic acid groups (broad SMARTS) is 1. The molecule has 0 unspecified atom stereocenters. The van der Waals surface area contributed by atoms with Gasteiger partial charge in [0.2, 0.25) is 0 Å². The van der Waals surface area contributed by atoms with Gasteiger partial charge in [-0.15, -0.1) is 11.3 Å². The summed E-state index contributed by atoms with van der Waals surface area (Å²) < 4.78 is 13.1. The molecule has 1 aromatic carbocycles. The second kappa shape index (κ2) is 3.82. The van der Waals surface area contributed by atoms with Crippen molar-refractivity contribution >= 4 is 17.3 Å². The fraction of sp³-hybridized carbons (Fsp3) is 0. The third-order valence-corrected chi connectivity index (χ3v) is 2.92. The summed E-state index contributed by atoms with van der Waals surface area (Å²) in [4.78, 5) is 11.6. The second-order valence-corrected chi connectivity index (χ2v) is 3.92. The van der Waals surface area contributed by atoms with Crippen LogP contribution in [-0.2, 0) is 0 Å². The van der Waals surface area contributed by atoms with E-state index >= 15 is 0 Å². The average Bonchev–Trinajstić information content (AvgIpc) is 2.71. The van der Waals surface area contributed by atoms with Crippen LogP contribution in [0.15, 0.2) is 35.7 Å². The monoisotopic (exact) mass is 222 g/mol. The number of carbonyl (C=O) groups is 1. The van der Waals surface area contributed by atoms with Crippen LogP contribution in [0.4, 0.5) is 4.39 Å². The van der Waals surface area contributed by atoms with Crippen LogP contribution in [0.2, 0.25) is 0 Å². The van der Waals surface area contributed by atoms with Gasteiger partial charge in [-0.25, -0.2) is 9.18 Å². The van der Waals surface area contributed by atoms with Gasteiger partial charge in [0.25, 0.3) is 0 Å². The molecule has 0 atom stereocenters. The van der Waals surface area contributed by atoms with Gasteiger partial charge >= 0.3 is 5.97 Å². The quantitative estimate of drug-likeness (QED) is 0.846. The Morgan fingerprint density at radius 3 is 2.73 bits per heavy atom. The second-order valence-electron chi connectivity index (χ2n) is 2.98. The van der Waals surface area contributed by atoms with Crippen molar-refractivity contribution in [2.24, 2.45) is 0 Å². The number of aromatic carboxylic acids is 1. The molecule has 0 bridgehead atoms. The maximum atomic E-state index is 13.1. The van der Waals surface area contributed by atoms with Crippen LogP contribution in [0.3, 0.4) is 0 Å². The van der Waals surface area contributed by atoms with Crippen molar-refractivity contribution in [3.8, 4) is 10.4 Å². The van der Waals surface area contributed by atoms with Crippen LogP contribution in [0.25, 0.3) is 10.4 Å². The third kappa shape index (κ3) is 1.89. The van der Waals surface area contributed by atoms with Crippen LogP contribution >= 0.6 is 11.3 Å². The van der Waals surface area contributed by atoms with E-state index in [0.717, 1.165) is 10.4 Å². The zero-order valence-electron chi connectivity index (χ0n) is 7.61. The van der Waals surface area contributed by atoms with E-state index in [1.165, 1.54) is 23.5 Å². The van der Waals surface area contributed by atoms with E-state index in [9.17, 15) is 9.18 Å².